The van der Waals surface area contributed by atoms with E-state index in [-0.39, 0.29) is 12.5 Å². The van der Waals surface area contributed by atoms with Crippen molar-refractivity contribution in [3.05, 3.63) is 34.7 Å². The average molecular weight is 398 g/mol. The van der Waals surface area contributed by atoms with Gasteiger partial charge in [0.05, 0.1) is 5.69 Å². The highest BCUT2D eigenvalue weighted by molar-refractivity contribution is 7.14. The highest BCUT2D eigenvalue weighted by Gasteiger charge is 2.52. The van der Waals surface area contributed by atoms with Crippen LogP contribution < -0.4 is 10.6 Å². The zero-order valence-corrected chi connectivity index (χ0v) is 16.7. The number of nitrogens with zero attached hydrogens (tertiary/aromatic N) is 2. The Morgan fingerprint density at radius 1 is 1.29 bits per heavy atom. The Morgan fingerprint density at radius 3 is 2.79 bits per heavy atom. The van der Waals surface area contributed by atoms with Crippen LogP contribution >= 0.6 is 11.3 Å². The van der Waals surface area contributed by atoms with Gasteiger partial charge in [-0.3, -0.25) is 14.5 Å². The lowest BCUT2D eigenvalue weighted by molar-refractivity contribution is -0.133. The van der Waals surface area contributed by atoms with Gasteiger partial charge in [0.25, 0.3) is 5.91 Å². The van der Waals surface area contributed by atoms with Crippen LogP contribution in [-0.4, -0.2) is 39.8 Å². The van der Waals surface area contributed by atoms with Crippen LogP contribution in [-0.2, 0) is 9.59 Å². The van der Waals surface area contributed by atoms with Crippen molar-refractivity contribution in [1.29, 1.82) is 0 Å². The number of anilines is 1. The fraction of sp³-hybridized carbons (Fsp3) is 0.400. The highest BCUT2D eigenvalue weighted by Crippen LogP contribution is 2.35. The van der Waals surface area contributed by atoms with Gasteiger partial charge >= 0.3 is 6.03 Å². The molecule has 4 amide bonds. The smallest absolute Gasteiger partial charge is 0.323 e. The number of hydrogen-bond acceptors (Lipinski definition) is 5. The number of carbonyl (C=O) groups excluding carboxylic acids is 3. The number of aromatic nitrogens is 1. The second-order valence-corrected chi connectivity index (χ2v) is 8.37. The summed E-state index contributed by atoms with van der Waals surface area (Å²) in [6.07, 6.45) is 3.10. The van der Waals surface area contributed by atoms with Gasteiger partial charge in [-0.15, -0.1) is 11.3 Å². The number of urea groups is 1. The Bertz CT molecular complexity index is 962. The molecule has 0 atom stereocenters. The number of carbonyl (C=O) groups is 3. The number of rotatable bonds is 4. The summed E-state index contributed by atoms with van der Waals surface area (Å²) in [4.78, 5) is 42.7. The fourth-order valence-corrected chi connectivity index (χ4v) is 4.63. The average Bonchev–Trinajstić information content (AvgIpc) is 3.35. The first-order chi connectivity index (χ1) is 13.4. The maximum Gasteiger partial charge on any atom is 0.325 e. The van der Waals surface area contributed by atoms with Crippen molar-refractivity contribution in [2.45, 2.75) is 45.1 Å². The quantitative estimate of drug-likeness (QED) is 0.774. The molecule has 0 radical (unpaired) electrons. The molecule has 1 aromatic carbocycles. The van der Waals surface area contributed by atoms with E-state index >= 15 is 0 Å². The van der Waals surface area contributed by atoms with Crippen molar-refractivity contribution in [2.24, 2.45) is 0 Å². The molecule has 4 rings (SSSR count). The van der Waals surface area contributed by atoms with Crippen LogP contribution in [0.25, 0.3) is 11.3 Å². The van der Waals surface area contributed by atoms with Crippen molar-refractivity contribution in [3.63, 3.8) is 0 Å². The molecule has 1 aliphatic heterocycles. The summed E-state index contributed by atoms with van der Waals surface area (Å²) in [5, 5.41) is 7.82. The van der Waals surface area contributed by atoms with E-state index in [9.17, 15) is 14.4 Å². The first-order valence-electron chi connectivity index (χ1n) is 9.35. The first kappa shape index (κ1) is 18.6. The van der Waals surface area contributed by atoms with E-state index in [4.69, 9.17) is 0 Å². The largest absolute Gasteiger partial charge is 0.325 e. The molecule has 1 aliphatic carbocycles. The van der Waals surface area contributed by atoms with Crippen molar-refractivity contribution >= 4 is 34.3 Å². The van der Waals surface area contributed by atoms with Crippen LogP contribution in [0.4, 0.5) is 9.93 Å². The van der Waals surface area contributed by atoms with E-state index in [1.165, 1.54) is 11.3 Å². The lowest BCUT2D eigenvalue weighted by atomic mass is 9.98. The van der Waals surface area contributed by atoms with Gasteiger partial charge in [-0.05, 0) is 38.3 Å². The summed E-state index contributed by atoms with van der Waals surface area (Å²) in [7, 11) is 0. The number of imide groups is 1. The monoisotopic (exact) mass is 398 g/mol. The minimum atomic E-state index is -0.797. The van der Waals surface area contributed by atoms with Crippen LogP contribution in [0.15, 0.2) is 23.6 Å². The van der Waals surface area contributed by atoms with E-state index < -0.39 is 17.5 Å². The van der Waals surface area contributed by atoms with Crippen LogP contribution in [0, 0.1) is 13.8 Å². The molecule has 2 N–H and O–H groups in total. The molecule has 8 heteroatoms. The fourth-order valence-electron chi connectivity index (χ4n) is 3.91. The Kier molecular flexibility index (Phi) is 4.66. The Labute approximate surface area is 167 Å². The molecule has 7 nitrogen and oxygen atoms in total. The maximum atomic E-state index is 12.6. The third-order valence-electron chi connectivity index (χ3n) is 5.42. The standard InChI is InChI=1S/C20H22N4O3S/c1-12-5-6-13(2)14(9-12)15-11-28-18(21-15)22-16(25)10-24-17(26)20(23-19(24)27)7-3-4-8-20/h5-6,9,11H,3-4,7-8,10H2,1-2H3,(H,23,27)(H,21,22,25). The minimum absolute atomic E-state index is 0.291. The molecule has 146 valence electrons. The second kappa shape index (κ2) is 7.01. The second-order valence-electron chi connectivity index (χ2n) is 7.52. The Balaban J connectivity index is 1.44. The molecule has 1 saturated heterocycles. The molecule has 1 saturated carbocycles. The molecule has 1 aromatic heterocycles. The van der Waals surface area contributed by atoms with Crippen LogP contribution in [0.1, 0.15) is 36.8 Å². The summed E-state index contributed by atoms with van der Waals surface area (Å²) < 4.78 is 0. The number of thiazole rings is 1. The summed E-state index contributed by atoms with van der Waals surface area (Å²) in [6, 6.07) is 5.66. The van der Waals surface area contributed by atoms with Crippen molar-refractivity contribution in [3.8, 4) is 11.3 Å². The highest BCUT2D eigenvalue weighted by atomic mass is 32.1. The molecule has 0 unspecified atom stereocenters. The van der Waals surface area contributed by atoms with Crippen molar-refractivity contribution < 1.29 is 14.4 Å². The van der Waals surface area contributed by atoms with Gasteiger partial charge in [0.15, 0.2) is 5.13 Å². The van der Waals surface area contributed by atoms with Gasteiger partial charge in [-0.1, -0.05) is 30.5 Å². The Morgan fingerprint density at radius 2 is 2.04 bits per heavy atom. The third kappa shape index (κ3) is 3.28. The van der Waals surface area contributed by atoms with Crippen LogP contribution in [0.2, 0.25) is 0 Å². The van der Waals surface area contributed by atoms with Crippen LogP contribution in [0.3, 0.4) is 0 Å². The summed E-state index contributed by atoms with van der Waals surface area (Å²) in [6.45, 7) is 3.74. The van der Waals surface area contributed by atoms with E-state index in [0.29, 0.717) is 18.0 Å². The molecule has 2 aromatic rings. The van der Waals surface area contributed by atoms with Crippen LogP contribution in [0.5, 0.6) is 0 Å². The predicted molar refractivity (Wildman–Crippen MR) is 107 cm³/mol. The molecular weight excluding hydrogens is 376 g/mol. The van der Waals surface area contributed by atoms with Gasteiger partial charge in [0.1, 0.15) is 12.1 Å². The van der Waals surface area contributed by atoms with Gasteiger partial charge in [0, 0.05) is 10.9 Å². The summed E-state index contributed by atoms with van der Waals surface area (Å²) >= 11 is 1.32. The summed E-state index contributed by atoms with van der Waals surface area (Å²) in [5.41, 5.74) is 3.26. The molecule has 28 heavy (non-hydrogen) atoms. The zero-order valence-electron chi connectivity index (χ0n) is 15.9. The predicted octanol–water partition coefficient (Wildman–Crippen LogP) is 3.23. The van der Waals surface area contributed by atoms with E-state index in [2.05, 4.69) is 21.7 Å². The number of nitrogens with one attached hydrogen (secondary N) is 2. The molecular formula is C20H22N4O3S. The summed E-state index contributed by atoms with van der Waals surface area (Å²) in [5.74, 6) is -0.722. The molecule has 1 spiro atoms. The van der Waals surface area contributed by atoms with Gasteiger partial charge in [-0.2, -0.15) is 0 Å². The van der Waals surface area contributed by atoms with E-state index in [1.807, 2.05) is 31.4 Å². The van der Waals surface area contributed by atoms with E-state index in [1.54, 1.807) is 0 Å². The zero-order chi connectivity index (χ0) is 19.9. The topological polar surface area (TPSA) is 91.4 Å². The third-order valence-corrected chi connectivity index (χ3v) is 6.18. The van der Waals surface area contributed by atoms with Gasteiger partial charge in [0.2, 0.25) is 5.91 Å². The minimum Gasteiger partial charge on any atom is -0.323 e. The maximum absolute atomic E-state index is 12.6. The molecule has 0 bridgehead atoms. The number of benzene rings is 1. The number of hydrogen-bond donors (Lipinski definition) is 2. The van der Waals surface area contributed by atoms with Crippen molar-refractivity contribution in [1.82, 2.24) is 15.2 Å². The molecule has 2 heterocycles. The van der Waals surface area contributed by atoms with Gasteiger partial charge in [-0.25, -0.2) is 9.78 Å². The number of aryl methyl sites for hydroxylation is 2. The van der Waals surface area contributed by atoms with Crippen molar-refractivity contribution in [2.75, 3.05) is 11.9 Å². The SMILES string of the molecule is Cc1ccc(C)c(-c2csc(NC(=O)CN3C(=O)NC4(CCCC4)C3=O)n2)c1. The normalized spacial score (nSPS) is 18.0. The molecule has 2 aliphatic rings. The number of amides is 4. The first-order valence-corrected chi connectivity index (χ1v) is 10.2. The van der Waals surface area contributed by atoms with E-state index in [0.717, 1.165) is 40.1 Å². The molecule has 2 fully saturated rings. The lowest BCUT2D eigenvalue weighted by Gasteiger charge is -2.19. The Hall–Kier alpha value is -2.74. The lowest BCUT2D eigenvalue weighted by Crippen LogP contribution is -2.44. The van der Waals surface area contributed by atoms with Gasteiger partial charge < -0.3 is 10.6 Å².